The number of halogens is 1. The van der Waals surface area contributed by atoms with Crippen LogP contribution in [0.4, 0.5) is 0 Å². The Morgan fingerprint density at radius 3 is 2.00 bits per heavy atom. The molecule has 0 heterocycles. The van der Waals surface area contributed by atoms with E-state index in [0.29, 0.717) is 6.10 Å². The summed E-state index contributed by atoms with van der Waals surface area (Å²) in [4.78, 5) is 0. The third-order valence-electron chi connectivity index (χ3n) is 1.64. The van der Waals surface area contributed by atoms with E-state index in [-0.39, 0.29) is 12.4 Å². The van der Waals surface area contributed by atoms with Gasteiger partial charge in [-0.25, -0.2) is 0 Å². The fourth-order valence-corrected chi connectivity index (χ4v) is 1.12. The highest BCUT2D eigenvalue weighted by Gasteiger charge is 2.12. The Morgan fingerprint density at radius 2 is 1.75 bits per heavy atom. The van der Waals surface area contributed by atoms with E-state index in [1.54, 1.807) is 7.11 Å². The Labute approximate surface area is 56.8 Å². The van der Waals surface area contributed by atoms with Crippen LogP contribution in [0.25, 0.3) is 0 Å². The van der Waals surface area contributed by atoms with E-state index in [1.165, 1.54) is 25.7 Å². The molecule has 0 aliphatic heterocycles. The van der Waals surface area contributed by atoms with Gasteiger partial charge in [0.25, 0.3) is 0 Å². The van der Waals surface area contributed by atoms with Crippen molar-refractivity contribution in [3.63, 3.8) is 0 Å². The SMILES string of the molecule is COC1CCCC1.Cl. The van der Waals surface area contributed by atoms with E-state index in [0.717, 1.165) is 0 Å². The summed E-state index contributed by atoms with van der Waals surface area (Å²) in [6, 6.07) is 0. The Morgan fingerprint density at radius 1 is 1.25 bits per heavy atom. The molecule has 0 radical (unpaired) electrons. The Kier molecular flexibility index (Phi) is 4.29. The third-order valence-corrected chi connectivity index (χ3v) is 1.64. The molecule has 0 atom stereocenters. The topological polar surface area (TPSA) is 9.23 Å². The van der Waals surface area contributed by atoms with Crippen molar-refractivity contribution in [2.45, 2.75) is 31.8 Å². The maximum absolute atomic E-state index is 5.11. The fourth-order valence-electron chi connectivity index (χ4n) is 1.12. The zero-order valence-corrected chi connectivity index (χ0v) is 6.04. The molecule has 0 aromatic rings. The number of ether oxygens (including phenoxy) is 1. The van der Waals surface area contributed by atoms with Gasteiger partial charge in [-0.1, -0.05) is 12.8 Å². The van der Waals surface area contributed by atoms with Crippen molar-refractivity contribution in [3.05, 3.63) is 0 Å². The molecule has 1 nitrogen and oxygen atoms in total. The standard InChI is InChI=1S/C6H12O.ClH/c1-7-6-4-2-3-5-6;/h6H,2-5H2,1H3;1H. The highest BCUT2D eigenvalue weighted by molar-refractivity contribution is 5.85. The van der Waals surface area contributed by atoms with Gasteiger partial charge in [0.2, 0.25) is 0 Å². The first kappa shape index (κ1) is 8.25. The minimum Gasteiger partial charge on any atom is -0.381 e. The van der Waals surface area contributed by atoms with Crippen molar-refractivity contribution in [2.75, 3.05) is 7.11 Å². The molecule has 0 bridgehead atoms. The molecule has 0 saturated heterocycles. The second kappa shape index (κ2) is 4.16. The first-order valence-electron chi connectivity index (χ1n) is 2.96. The predicted octanol–water partition coefficient (Wildman–Crippen LogP) is 2.00. The van der Waals surface area contributed by atoms with E-state index < -0.39 is 0 Å². The minimum atomic E-state index is 0. The lowest BCUT2D eigenvalue weighted by Crippen LogP contribution is -2.01. The minimum absolute atomic E-state index is 0. The number of hydrogen-bond acceptors (Lipinski definition) is 1. The molecule has 0 N–H and O–H groups in total. The highest BCUT2D eigenvalue weighted by Crippen LogP contribution is 2.19. The van der Waals surface area contributed by atoms with Gasteiger partial charge in [-0.3, -0.25) is 0 Å². The lowest BCUT2D eigenvalue weighted by Gasteiger charge is -2.02. The van der Waals surface area contributed by atoms with E-state index in [1.807, 2.05) is 0 Å². The molecule has 8 heavy (non-hydrogen) atoms. The van der Waals surface area contributed by atoms with Crippen molar-refractivity contribution in [3.8, 4) is 0 Å². The van der Waals surface area contributed by atoms with Gasteiger partial charge in [0.05, 0.1) is 6.10 Å². The summed E-state index contributed by atoms with van der Waals surface area (Å²) in [5, 5.41) is 0. The molecule has 2 heteroatoms. The molecule has 1 aliphatic carbocycles. The van der Waals surface area contributed by atoms with Crippen LogP contribution in [0, 0.1) is 0 Å². The lowest BCUT2D eigenvalue weighted by atomic mass is 10.3. The molecule has 0 amide bonds. The van der Waals surface area contributed by atoms with Crippen molar-refractivity contribution in [1.82, 2.24) is 0 Å². The van der Waals surface area contributed by atoms with Crippen LogP contribution in [0.1, 0.15) is 25.7 Å². The van der Waals surface area contributed by atoms with Gasteiger partial charge >= 0.3 is 0 Å². The quantitative estimate of drug-likeness (QED) is 0.536. The largest absolute Gasteiger partial charge is 0.381 e. The fraction of sp³-hybridized carbons (Fsp3) is 1.00. The normalized spacial score (nSPS) is 20.6. The molecule has 1 rings (SSSR count). The lowest BCUT2D eigenvalue weighted by molar-refractivity contribution is 0.109. The van der Waals surface area contributed by atoms with Gasteiger partial charge in [-0.05, 0) is 12.8 Å². The summed E-state index contributed by atoms with van der Waals surface area (Å²) in [5.74, 6) is 0. The van der Waals surface area contributed by atoms with Crippen LogP contribution in [0.2, 0.25) is 0 Å². The maximum Gasteiger partial charge on any atom is 0.0571 e. The van der Waals surface area contributed by atoms with Crippen LogP contribution < -0.4 is 0 Å². The Bertz CT molecular complexity index is 50.5. The van der Waals surface area contributed by atoms with Gasteiger partial charge in [0.15, 0.2) is 0 Å². The molecule has 0 spiro atoms. The summed E-state index contributed by atoms with van der Waals surface area (Å²) in [7, 11) is 1.80. The molecule has 0 unspecified atom stereocenters. The molecular weight excluding hydrogens is 124 g/mol. The van der Waals surface area contributed by atoms with Gasteiger partial charge in [0.1, 0.15) is 0 Å². The Hall–Kier alpha value is 0.250. The first-order chi connectivity index (χ1) is 3.43. The highest BCUT2D eigenvalue weighted by atomic mass is 35.5. The van der Waals surface area contributed by atoms with E-state index in [2.05, 4.69) is 0 Å². The van der Waals surface area contributed by atoms with Crippen LogP contribution in [-0.4, -0.2) is 13.2 Å². The first-order valence-corrected chi connectivity index (χ1v) is 2.96. The van der Waals surface area contributed by atoms with Crippen molar-refractivity contribution in [1.29, 1.82) is 0 Å². The summed E-state index contributed by atoms with van der Waals surface area (Å²) in [6.07, 6.45) is 5.92. The van der Waals surface area contributed by atoms with Crippen LogP contribution in [0.15, 0.2) is 0 Å². The number of hydrogen-bond donors (Lipinski definition) is 0. The van der Waals surface area contributed by atoms with Gasteiger partial charge < -0.3 is 4.74 Å². The van der Waals surface area contributed by atoms with E-state index in [4.69, 9.17) is 4.74 Å². The summed E-state index contributed by atoms with van der Waals surface area (Å²) < 4.78 is 5.11. The molecule has 0 aromatic carbocycles. The molecule has 50 valence electrons. The Balaban J connectivity index is 0.000000490. The van der Waals surface area contributed by atoms with Gasteiger partial charge in [-0.15, -0.1) is 12.4 Å². The molecule has 1 aliphatic rings. The monoisotopic (exact) mass is 136 g/mol. The second-order valence-corrected chi connectivity index (χ2v) is 2.14. The van der Waals surface area contributed by atoms with Crippen molar-refractivity contribution in [2.24, 2.45) is 0 Å². The summed E-state index contributed by atoms with van der Waals surface area (Å²) >= 11 is 0. The smallest absolute Gasteiger partial charge is 0.0571 e. The van der Waals surface area contributed by atoms with Crippen LogP contribution in [0.5, 0.6) is 0 Å². The van der Waals surface area contributed by atoms with Crippen LogP contribution >= 0.6 is 12.4 Å². The zero-order valence-electron chi connectivity index (χ0n) is 5.22. The van der Waals surface area contributed by atoms with Crippen LogP contribution in [-0.2, 0) is 4.74 Å². The number of methoxy groups -OCH3 is 1. The summed E-state index contributed by atoms with van der Waals surface area (Å²) in [5.41, 5.74) is 0. The summed E-state index contributed by atoms with van der Waals surface area (Å²) in [6.45, 7) is 0. The number of rotatable bonds is 1. The zero-order chi connectivity index (χ0) is 5.11. The second-order valence-electron chi connectivity index (χ2n) is 2.14. The molecule has 1 saturated carbocycles. The molecule has 0 aromatic heterocycles. The van der Waals surface area contributed by atoms with Crippen molar-refractivity contribution < 1.29 is 4.74 Å². The maximum atomic E-state index is 5.11. The van der Waals surface area contributed by atoms with E-state index >= 15 is 0 Å². The van der Waals surface area contributed by atoms with Crippen molar-refractivity contribution >= 4 is 12.4 Å². The van der Waals surface area contributed by atoms with Crippen LogP contribution in [0.3, 0.4) is 0 Å². The van der Waals surface area contributed by atoms with E-state index in [9.17, 15) is 0 Å². The molecule has 1 fully saturated rings. The van der Waals surface area contributed by atoms with Gasteiger partial charge in [-0.2, -0.15) is 0 Å². The predicted molar refractivity (Wildman–Crippen MR) is 36.5 cm³/mol. The average Bonchev–Trinajstić information content (AvgIpc) is 2.14. The average molecular weight is 137 g/mol. The molecular formula is C6H13ClO. The third kappa shape index (κ3) is 2.01. The van der Waals surface area contributed by atoms with Gasteiger partial charge in [0, 0.05) is 7.11 Å².